The molecule has 0 fully saturated rings. The fourth-order valence-corrected chi connectivity index (χ4v) is 4.44. The average molecular weight is 430 g/mol. The lowest BCUT2D eigenvalue weighted by Gasteiger charge is -2.24. The van der Waals surface area contributed by atoms with Crippen LogP contribution in [0, 0.1) is 5.82 Å². The summed E-state index contributed by atoms with van der Waals surface area (Å²) in [6, 6.07) is 11.7. The summed E-state index contributed by atoms with van der Waals surface area (Å²) in [5, 5.41) is 0. The Morgan fingerprint density at radius 2 is 1.76 bits per heavy atom. The van der Waals surface area contributed by atoms with Crippen molar-refractivity contribution in [2.24, 2.45) is 0 Å². The first-order chi connectivity index (χ1) is 11.7. The number of nitrogens with two attached hydrogens (primary N) is 1. The number of hydrogen-bond donors (Lipinski definition) is 1. The van der Waals surface area contributed by atoms with Gasteiger partial charge in [0.15, 0.2) is 5.82 Å². The molecule has 0 saturated carbocycles. The number of halogens is 2. The molecule has 0 aliphatic rings. The molecule has 0 aliphatic heterocycles. The molecular formula is C17H21BrFN3O2S. The van der Waals surface area contributed by atoms with Gasteiger partial charge in [0.1, 0.15) is 4.90 Å². The number of sulfonamides is 1. The Morgan fingerprint density at radius 1 is 1.12 bits per heavy atom. The van der Waals surface area contributed by atoms with Crippen molar-refractivity contribution >= 4 is 31.6 Å². The second-order valence-corrected chi connectivity index (χ2v) is 8.70. The van der Waals surface area contributed by atoms with E-state index < -0.39 is 20.7 Å². The van der Waals surface area contributed by atoms with Gasteiger partial charge in [-0.15, -0.1) is 0 Å². The third-order valence-electron chi connectivity index (χ3n) is 3.63. The third-order valence-corrected chi connectivity index (χ3v) is 6.05. The zero-order chi connectivity index (χ0) is 18.6. The molecule has 0 radical (unpaired) electrons. The van der Waals surface area contributed by atoms with Crippen molar-refractivity contribution in [1.82, 2.24) is 9.21 Å². The van der Waals surface area contributed by atoms with Gasteiger partial charge in [-0.3, -0.25) is 0 Å². The van der Waals surface area contributed by atoms with Crippen molar-refractivity contribution in [2.45, 2.75) is 11.4 Å². The van der Waals surface area contributed by atoms with Crippen LogP contribution in [0.2, 0.25) is 0 Å². The van der Waals surface area contributed by atoms with E-state index in [1.807, 2.05) is 49.3 Å². The molecule has 2 aromatic rings. The van der Waals surface area contributed by atoms with Crippen molar-refractivity contribution in [1.29, 1.82) is 0 Å². The number of nitrogen functional groups attached to an aromatic ring is 1. The minimum Gasteiger partial charge on any atom is -0.399 e. The number of anilines is 1. The lowest BCUT2D eigenvalue weighted by atomic mass is 10.2. The molecule has 5 nitrogen and oxygen atoms in total. The van der Waals surface area contributed by atoms with Crippen LogP contribution in [0.15, 0.2) is 51.8 Å². The third kappa shape index (κ3) is 5.01. The number of rotatable bonds is 7. The molecule has 0 aliphatic carbocycles. The molecule has 2 rings (SSSR count). The second kappa shape index (κ2) is 8.27. The highest BCUT2D eigenvalue weighted by Gasteiger charge is 2.29. The topological polar surface area (TPSA) is 66.6 Å². The molecule has 0 unspecified atom stereocenters. The van der Waals surface area contributed by atoms with Gasteiger partial charge in [0.2, 0.25) is 10.0 Å². The maximum Gasteiger partial charge on any atom is 0.246 e. The van der Waals surface area contributed by atoms with Gasteiger partial charge >= 0.3 is 0 Å². The van der Waals surface area contributed by atoms with Gasteiger partial charge in [0, 0.05) is 25.3 Å². The van der Waals surface area contributed by atoms with Gasteiger partial charge in [0.25, 0.3) is 0 Å². The minimum atomic E-state index is -4.05. The van der Waals surface area contributed by atoms with E-state index in [-0.39, 0.29) is 23.2 Å². The Labute approximate surface area is 156 Å². The maximum atomic E-state index is 14.5. The summed E-state index contributed by atoms with van der Waals surface area (Å²) in [4.78, 5) is 1.45. The quantitative estimate of drug-likeness (QED) is 0.687. The summed E-state index contributed by atoms with van der Waals surface area (Å²) in [5.74, 6) is -0.836. The highest BCUT2D eigenvalue weighted by molar-refractivity contribution is 9.10. The molecular weight excluding hydrogens is 409 g/mol. The number of likely N-dealkylation sites (N-methyl/N-ethyl adjacent to an activating group) is 1. The van der Waals surface area contributed by atoms with Crippen LogP contribution in [0.25, 0.3) is 0 Å². The highest BCUT2D eigenvalue weighted by Crippen LogP contribution is 2.29. The lowest BCUT2D eigenvalue weighted by Crippen LogP contribution is -2.36. The van der Waals surface area contributed by atoms with E-state index in [1.165, 1.54) is 10.4 Å². The molecule has 2 N–H and O–H groups in total. The van der Waals surface area contributed by atoms with Crippen molar-refractivity contribution in [3.8, 4) is 0 Å². The monoisotopic (exact) mass is 429 g/mol. The molecule has 0 bridgehead atoms. The predicted octanol–water partition coefficient (Wildman–Crippen LogP) is 2.92. The molecule has 0 saturated heterocycles. The molecule has 0 amide bonds. The fraction of sp³-hybridized carbons (Fsp3) is 0.294. The van der Waals surface area contributed by atoms with Gasteiger partial charge in [0.05, 0.1) is 4.47 Å². The summed E-state index contributed by atoms with van der Waals surface area (Å²) in [6.45, 7) is 0.899. The van der Waals surface area contributed by atoms with E-state index >= 15 is 0 Å². The van der Waals surface area contributed by atoms with E-state index in [1.54, 1.807) is 0 Å². The molecule has 2 aromatic carbocycles. The summed E-state index contributed by atoms with van der Waals surface area (Å²) >= 11 is 3.02. The Morgan fingerprint density at radius 3 is 2.36 bits per heavy atom. The molecule has 136 valence electrons. The molecule has 8 heteroatoms. The summed E-state index contributed by atoms with van der Waals surface area (Å²) < 4.78 is 41.9. The van der Waals surface area contributed by atoms with E-state index in [0.29, 0.717) is 6.54 Å². The second-order valence-electron chi connectivity index (χ2n) is 5.94. The molecule has 25 heavy (non-hydrogen) atoms. The van der Waals surface area contributed by atoms with Crippen molar-refractivity contribution in [3.63, 3.8) is 0 Å². The Hall–Kier alpha value is -1.48. The lowest BCUT2D eigenvalue weighted by molar-refractivity contribution is 0.328. The average Bonchev–Trinajstić information content (AvgIpc) is 2.55. The van der Waals surface area contributed by atoms with E-state index in [0.717, 1.165) is 11.6 Å². The first kappa shape index (κ1) is 19.8. The van der Waals surface area contributed by atoms with Crippen LogP contribution in [0.3, 0.4) is 0 Å². The predicted molar refractivity (Wildman–Crippen MR) is 101 cm³/mol. The minimum absolute atomic E-state index is 0.0262. The van der Waals surface area contributed by atoms with Gasteiger partial charge < -0.3 is 10.6 Å². The number of benzene rings is 2. The Kier molecular flexibility index (Phi) is 6.56. The zero-order valence-corrected chi connectivity index (χ0v) is 16.5. The largest absolute Gasteiger partial charge is 0.399 e. The molecule has 0 aromatic heterocycles. The first-order valence-electron chi connectivity index (χ1n) is 7.65. The van der Waals surface area contributed by atoms with Gasteiger partial charge in [-0.05, 0) is 47.7 Å². The van der Waals surface area contributed by atoms with Gasteiger partial charge in [-0.25, -0.2) is 12.8 Å². The normalized spacial score (nSPS) is 12.1. The Balaban J connectivity index is 2.44. The highest BCUT2D eigenvalue weighted by atomic mass is 79.9. The van der Waals surface area contributed by atoms with Crippen molar-refractivity contribution in [3.05, 3.63) is 58.3 Å². The van der Waals surface area contributed by atoms with E-state index in [4.69, 9.17) is 5.73 Å². The Bertz CT molecular complexity index is 829. The van der Waals surface area contributed by atoms with Crippen LogP contribution < -0.4 is 5.73 Å². The van der Waals surface area contributed by atoms with Crippen LogP contribution in [0.4, 0.5) is 10.1 Å². The summed E-state index contributed by atoms with van der Waals surface area (Å²) in [5.41, 5.74) is 6.72. The van der Waals surface area contributed by atoms with Crippen LogP contribution in [-0.4, -0.2) is 44.8 Å². The summed E-state index contributed by atoms with van der Waals surface area (Å²) in [6.07, 6.45) is 0. The SMILES string of the molecule is CN(C)CCN(Cc1ccccc1)S(=O)(=O)c1cc(N)cc(Br)c1F. The van der Waals surface area contributed by atoms with Gasteiger partial charge in [-0.2, -0.15) is 4.31 Å². The van der Waals surface area contributed by atoms with E-state index in [2.05, 4.69) is 15.9 Å². The van der Waals surface area contributed by atoms with Crippen molar-refractivity contribution < 1.29 is 12.8 Å². The first-order valence-corrected chi connectivity index (χ1v) is 9.88. The molecule has 0 spiro atoms. The summed E-state index contributed by atoms with van der Waals surface area (Å²) in [7, 11) is -0.345. The number of hydrogen-bond acceptors (Lipinski definition) is 4. The van der Waals surface area contributed by atoms with Gasteiger partial charge in [-0.1, -0.05) is 30.3 Å². The van der Waals surface area contributed by atoms with E-state index in [9.17, 15) is 12.8 Å². The zero-order valence-electron chi connectivity index (χ0n) is 14.1. The number of nitrogens with zero attached hydrogens (tertiary/aromatic N) is 2. The van der Waals surface area contributed by atoms with Crippen LogP contribution in [0.5, 0.6) is 0 Å². The van der Waals surface area contributed by atoms with Crippen LogP contribution in [0.1, 0.15) is 5.56 Å². The maximum absolute atomic E-state index is 14.5. The van der Waals surface area contributed by atoms with Crippen LogP contribution in [-0.2, 0) is 16.6 Å². The van der Waals surface area contributed by atoms with Crippen molar-refractivity contribution in [2.75, 3.05) is 32.9 Å². The van der Waals surface area contributed by atoms with Crippen LogP contribution >= 0.6 is 15.9 Å². The standard InChI is InChI=1S/C17H21BrFN3O2S/c1-21(2)8-9-22(12-13-6-4-3-5-7-13)25(23,24)16-11-14(20)10-15(18)17(16)19/h3-7,10-11H,8-9,12,20H2,1-2H3. The molecule has 0 atom stereocenters. The molecule has 0 heterocycles. The fourth-order valence-electron chi connectivity index (χ4n) is 2.29. The smallest absolute Gasteiger partial charge is 0.246 e.